The summed E-state index contributed by atoms with van der Waals surface area (Å²) in [5, 5.41) is 2.51. The van der Waals surface area contributed by atoms with Crippen molar-refractivity contribution in [2.45, 2.75) is 0 Å². The Balaban J connectivity index is 2.23. The summed E-state index contributed by atoms with van der Waals surface area (Å²) in [6.07, 6.45) is 1.36. The molecular weight excluding hydrogens is 267 g/mol. The smallest absolute Gasteiger partial charge is 0.356 e. The minimum absolute atomic E-state index is 0.0663. The lowest BCUT2D eigenvalue weighted by Gasteiger charge is -2.06. The molecule has 102 valence electrons. The number of ether oxygens (including phenoxy) is 2. The maximum absolute atomic E-state index is 13.4. The molecule has 0 spiro atoms. The average molecular weight is 276 g/mol. The second-order valence-electron chi connectivity index (χ2n) is 3.67. The Hall–Kier alpha value is -2.83. The molecule has 6 nitrogen and oxygen atoms in total. The number of halogens is 1. The van der Waals surface area contributed by atoms with E-state index in [-0.39, 0.29) is 22.9 Å². The Morgan fingerprint density at radius 2 is 2.00 bits per heavy atom. The van der Waals surface area contributed by atoms with Gasteiger partial charge in [0.05, 0.1) is 7.11 Å². The van der Waals surface area contributed by atoms with Crippen LogP contribution in [0.2, 0.25) is 0 Å². The number of nitroso groups, excluding NO2 is 1. The number of carbonyl (C=O) groups is 1. The van der Waals surface area contributed by atoms with Crippen LogP contribution >= 0.6 is 0 Å². The summed E-state index contributed by atoms with van der Waals surface area (Å²) < 4.78 is 23.2. The normalized spacial score (nSPS) is 9.90. The van der Waals surface area contributed by atoms with Crippen LogP contribution in [0, 0.1) is 10.7 Å². The molecule has 0 unspecified atom stereocenters. The zero-order valence-corrected chi connectivity index (χ0v) is 10.4. The van der Waals surface area contributed by atoms with Crippen LogP contribution in [0.15, 0.2) is 41.7 Å². The molecule has 0 aliphatic heterocycles. The summed E-state index contributed by atoms with van der Waals surface area (Å²) in [7, 11) is 1.23. The fraction of sp³-hybridized carbons (Fsp3) is 0.0769. The number of methoxy groups -OCH3 is 1. The highest BCUT2D eigenvalue weighted by Crippen LogP contribution is 2.26. The predicted octanol–water partition coefficient (Wildman–Crippen LogP) is 3.20. The van der Waals surface area contributed by atoms with Crippen LogP contribution in [0.5, 0.6) is 11.5 Å². The Morgan fingerprint density at radius 1 is 1.25 bits per heavy atom. The lowest BCUT2D eigenvalue weighted by atomic mass is 10.3. The summed E-state index contributed by atoms with van der Waals surface area (Å²) in [4.78, 5) is 25.4. The number of carbonyl (C=O) groups excluding carboxylic acids is 1. The summed E-state index contributed by atoms with van der Waals surface area (Å²) in [6.45, 7) is 0. The maximum Gasteiger partial charge on any atom is 0.356 e. The first kappa shape index (κ1) is 13.6. The Morgan fingerprint density at radius 3 is 2.65 bits per heavy atom. The minimum Gasteiger partial charge on any atom is -0.464 e. The average Bonchev–Trinajstić information content (AvgIpc) is 2.47. The number of rotatable bonds is 4. The Kier molecular flexibility index (Phi) is 3.99. The molecule has 1 aromatic carbocycles. The number of pyridine rings is 1. The molecule has 0 aliphatic rings. The Bertz CT molecular complexity index is 661. The molecule has 0 aliphatic carbocycles. The first-order chi connectivity index (χ1) is 9.63. The van der Waals surface area contributed by atoms with Gasteiger partial charge in [-0.15, -0.1) is 4.91 Å². The topological polar surface area (TPSA) is 77.9 Å². The van der Waals surface area contributed by atoms with Gasteiger partial charge in [-0.1, -0.05) is 0 Å². The lowest BCUT2D eigenvalue weighted by Crippen LogP contribution is -2.03. The SMILES string of the molecule is COC(=O)c1cc(Oc2ccc(N=O)c(F)c2)ccn1. The van der Waals surface area contributed by atoms with E-state index in [0.29, 0.717) is 0 Å². The molecule has 2 aromatic rings. The summed E-state index contributed by atoms with van der Waals surface area (Å²) in [5.74, 6) is -0.953. The van der Waals surface area contributed by atoms with E-state index in [1.165, 1.54) is 37.6 Å². The molecule has 0 saturated heterocycles. The molecule has 2 rings (SSSR count). The van der Waals surface area contributed by atoms with Crippen molar-refractivity contribution in [2.24, 2.45) is 5.18 Å². The third kappa shape index (κ3) is 2.94. The second kappa shape index (κ2) is 5.87. The molecule has 0 radical (unpaired) electrons. The Labute approximate surface area is 113 Å². The van der Waals surface area contributed by atoms with Crippen LogP contribution < -0.4 is 4.74 Å². The number of hydrogen-bond acceptors (Lipinski definition) is 6. The van der Waals surface area contributed by atoms with Crippen LogP contribution in [0.4, 0.5) is 10.1 Å². The molecule has 0 saturated carbocycles. The van der Waals surface area contributed by atoms with Gasteiger partial charge in [0.1, 0.15) is 17.2 Å². The largest absolute Gasteiger partial charge is 0.464 e. The molecular formula is C13H9FN2O4. The number of nitrogens with zero attached hydrogens (tertiary/aromatic N) is 2. The third-order valence-electron chi connectivity index (χ3n) is 2.38. The molecule has 0 fully saturated rings. The molecule has 0 bridgehead atoms. The van der Waals surface area contributed by atoms with E-state index < -0.39 is 11.8 Å². The number of aromatic nitrogens is 1. The van der Waals surface area contributed by atoms with Crippen molar-refractivity contribution in [2.75, 3.05) is 7.11 Å². The monoisotopic (exact) mass is 276 g/mol. The van der Waals surface area contributed by atoms with Gasteiger partial charge in [-0.2, -0.15) is 0 Å². The van der Waals surface area contributed by atoms with Gasteiger partial charge in [-0.3, -0.25) is 0 Å². The highest BCUT2D eigenvalue weighted by molar-refractivity contribution is 5.87. The van der Waals surface area contributed by atoms with Gasteiger partial charge in [0.2, 0.25) is 0 Å². The first-order valence-corrected chi connectivity index (χ1v) is 5.49. The van der Waals surface area contributed by atoms with Crippen LogP contribution in [-0.4, -0.2) is 18.1 Å². The van der Waals surface area contributed by atoms with Crippen molar-refractivity contribution in [3.05, 3.63) is 52.9 Å². The van der Waals surface area contributed by atoms with Crippen LogP contribution in [-0.2, 0) is 4.74 Å². The fourth-order valence-electron chi connectivity index (χ4n) is 1.45. The standard InChI is InChI=1S/C13H9FN2O4/c1-19-13(17)12-7-9(4-5-15-12)20-8-2-3-11(16-18)10(14)6-8/h2-7H,1H3. The van der Waals surface area contributed by atoms with E-state index >= 15 is 0 Å². The molecule has 20 heavy (non-hydrogen) atoms. The summed E-state index contributed by atoms with van der Waals surface area (Å²) >= 11 is 0. The lowest BCUT2D eigenvalue weighted by molar-refractivity contribution is 0.0593. The minimum atomic E-state index is -0.792. The van der Waals surface area contributed by atoms with Crippen LogP contribution in [0.1, 0.15) is 10.5 Å². The number of esters is 1. The van der Waals surface area contributed by atoms with Gasteiger partial charge >= 0.3 is 5.97 Å². The third-order valence-corrected chi connectivity index (χ3v) is 2.38. The van der Waals surface area contributed by atoms with Gasteiger partial charge in [-0.25, -0.2) is 14.2 Å². The van der Waals surface area contributed by atoms with Crippen LogP contribution in [0.25, 0.3) is 0 Å². The molecule has 1 aromatic heterocycles. The number of hydrogen-bond donors (Lipinski definition) is 0. The zero-order valence-electron chi connectivity index (χ0n) is 10.4. The molecule has 0 amide bonds. The van der Waals surface area contributed by atoms with E-state index in [4.69, 9.17) is 4.74 Å². The van der Waals surface area contributed by atoms with Gasteiger partial charge in [0.15, 0.2) is 11.5 Å². The summed E-state index contributed by atoms with van der Waals surface area (Å²) in [6, 6.07) is 6.46. The van der Waals surface area contributed by atoms with Crippen molar-refractivity contribution in [3.8, 4) is 11.5 Å². The van der Waals surface area contributed by atoms with E-state index in [1.54, 1.807) is 0 Å². The molecule has 1 heterocycles. The highest BCUT2D eigenvalue weighted by atomic mass is 19.1. The van der Waals surface area contributed by atoms with Gasteiger partial charge in [-0.05, 0) is 23.4 Å². The van der Waals surface area contributed by atoms with Gasteiger partial charge < -0.3 is 9.47 Å². The van der Waals surface area contributed by atoms with E-state index in [1.807, 2.05) is 0 Å². The van der Waals surface area contributed by atoms with E-state index in [9.17, 15) is 14.1 Å². The van der Waals surface area contributed by atoms with Crippen molar-refractivity contribution >= 4 is 11.7 Å². The van der Waals surface area contributed by atoms with Gasteiger partial charge in [0, 0.05) is 18.3 Å². The molecule has 7 heteroatoms. The summed E-state index contributed by atoms with van der Waals surface area (Å²) in [5.41, 5.74) is -0.237. The second-order valence-corrected chi connectivity index (χ2v) is 3.67. The maximum atomic E-state index is 13.4. The quantitative estimate of drug-likeness (QED) is 0.633. The van der Waals surface area contributed by atoms with E-state index in [0.717, 1.165) is 6.07 Å². The predicted molar refractivity (Wildman–Crippen MR) is 67.5 cm³/mol. The molecule has 0 N–H and O–H groups in total. The van der Waals surface area contributed by atoms with Crippen molar-refractivity contribution in [1.29, 1.82) is 0 Å². The van der Waals surface area contributed by atoms with Crippen molar-refractivity contribution < 1.29 is 18.7 Å². The fourth-order valence-corrected chi connectivity index (χ4v) is 1.45. The van der Waals surface area contributed by atoms with Crippen LogP contribution in [0.3, 0.4) is 0 Å². The number of benzene rings is 1. The first-order valence-electron chi connectivity index (χ1n) is 5.49. The highest BCUT2D eigenvalue weighted by Gasteiger charge is 2.10. The molecule has 0 atom stereocenters. The van der Waals surface area contributed by atoms with E-state index in [2.05, 4.69) is 14.9 Å². The van der Waals surface area contributed by atoms with Gasteiger partial charge in [0.25, 0.3) is 0 Å². The zero-order chi connectivity index (χ0) is 14.5. The van der Waals surface area contributed by atoms with Crippen molar-refractivity contribution in [1.82, 2.24) is 4.98 Å². The van der Waals surface area contributed by atoms with Crippen molar-refractivity contribution in [3.63, 3.8) is 0 Å².